The molecule has 1 amide bonds. The summed E-state index contributed by atoms with van der Waals surface area (Å²) in [7, 11) is 0. The number of aromatic nitrogens is 1. The third kappa shape index (κ3) is 3.64. The lowest BCUT2D eigenvalue weighted by molar-refractivity contribution is 0.0978. The second-order valence-electron chi connectivity index (χ2n) is 6.88. The van der Waals surface area contributed by atoms with E-state index >= 15 is 0 Å². The Kier molecular flexibility index (Phi) is 4.89. The number of para-hydroxylation sites is 1. The number of rotatable bonds is 4. The molecule has 4 rings (SSSR count). The molecule has 3 aromatic rings. The van der Waals surface area contributed by atoms with Gasteiger partial charge in [0, 0.05) is 35.4 Å². The molecule has 0 bridgehead atoms. The minimum absolute atomic E-state index is 0.0326. The van der Waals surface area contributed by atoms with Gasteiger partial charge in [-0.2, -0.15) is 0 Å². The first kappa shape index (κ1) is 17.9. The van der Waals surface area contributed by atoms with Gasteiger partial charge in [0.05, 0.1) is 0 Å². The zero-order valence-electron chi connectivity index (χ0n) is 15.7. The van der Waals surface area contributed by atoms with Crippen molar-refractivity contribution in [3.8, 4) is 0 Å². The Hall–Kier alpha value is -3.47. The van der Waals surface area contributed by atoms with Crippen molar-refractivity contribution in [2.24, 2.45) is 0 Å². The van der Waals surface area contributed by atoms with Crippen LogP contribution in [0.3, 0.4) is 0 Å². The average molecular weight is 371 g/mol. The number of nitrogens with one attached hydrogen (secondary N) is 1. The molecule has 1 N–H and O–H groups in total. The molecule has 0 saturated heterocycles. The molecule has 1 aliphatic rings. The second-order valence-corrected chi connectivity index (χ2v) is 6.88. The Balaban J connectivity index is 1.55. The first-order chi connectivity index (χ1) is 13.6. The van der Waals surface area contributed by atoms with Gasteiger partial charge in [-0.05, 0) is 67.8 Å². The SMILES string of the molecule is CC(=O)c1ccc(Nc2ccnc(C(=O)N3CCCc4ccccc43)c2)cc1. The maximum atomic E-state index is 13.1. The van der Waals surface area contributed by atoms with Crippen molar-refractivity contribution in [3.63, 3.8) is 0 Å². The number of nitrogens with zero attached hydrogens (tertiary/aromatic N) is 2. The van der Waals surface area contributed by atoms with Crippen molar-refractivity contribution in [3.05, 3.63) is 83.7 Å². The summed E-state index contributed by atoms with van der Waals surface area (Å²) < 4.78 is 0. The minimum atomic E-state index is -0.0947. The monoisotopic (exact) mass is 371 g/mol. The number of hydrogen-bond donors (Lipinski definition) is 1. The summed E-state index contributed by atoms with van der Waals surface area (Å²) in [4.78, 5) is 30.6. The number of anilines is 3. The van der Waals surface area contributed by atoms with Crippen LogP contribution in [0.4, 0.5) is 17.1 Å². The predicted molar refractivity (Wildman–Crippen MR) is 110 cm³/mol. The third-order valence-corrected chi connectivity index (χ3v) is 4.91. The number of aryl methyl sites for hydroxylation is 1. The topological polar surface area (TPSA) is 62.3 Å². The van der Waals surface area contributed by atoms with E-state index in [0.717, 1.165) is 29.9 Å². The van der Waals surface area contributed by atoms with Crippen LogP contribution in [0.15, 0.2) is 66.9 Å². The maximum Gasteiger partial charge on any atom is 0.276 e. The molecule has 0 spiro atoms. The van der Waals surface area contributed by atoms with E-state index in [2.05, 4.69) is 16.4 Å². The van der Waals surface area contributed by atoms with Gasteiger partial charge in [-0.25, -0.2) is 0 Å². The summed E-state index contributed by atoms with van der Waals surface area (Å²) in [6.45, 7) is 2.24. The van der Waals surface area contributed by atoms with Gasteiger partial charge in [0.25, 0.3) is 5.91 Å². The molecule has 0 fully saturated rings. The highest BCUT2D eigenvalue weighted by atomic mass is 16.2. The van der Waals surface area contributed by atoms with Gasteiger partial charge >= 0.3 is 0 Å². The van der Waals surface area contributed by atoms with Crippen molar-refractivity contribution in [1.29, 1.82) is 0 Å². The van der Waals surface area contributed by atoms with Crippen molar-refractivity contribution < 1.29 is 9.59 Å². The summed E-state index contributed by atoms with van der Waals surface area (Å²) in [5.74, 6) is -0.0621. The quantitative estimate of drug-likeness (QED) is 0.680. The highest BCUT2D eigenvalue weighted by molar-refractivity contribution is 6.06. The number of hydrogen-bond acceptors (Lipinski definition) is 4. The summed E-state index contributed by atoms with van der Waals surface area (Å²) in [5.41, 5.74) is 4.86. The Morgan fingerprint density at radius 3 is 2.57 bits per heavy atom. The Bertz CT molecular complexity index is 1030. The van der Waals surface area contributed by atoms with Gasteiger partial charge in [0.1, 0.15) is 5.69 Å². The second kappa shape index (κ2) is 7.64. The number of carbonyl (C=O) groups excluding carboxylic acids is 2. The standard InChI is InChI=1S/C23H21N3O2/c1-16(27)17-8-10-19(11-9-17)25-20-12-13-24-21(15-20)23(28)26-14-4-6-18-5-2-3-7-22(18)26/h2-3,5,7-13,15H,4,6,14H2,1H3,(H,24,25). The van der Waals surface area contributed by atoms with Crippen LogP contribution in [-0.4, -0.2) is 23.2 Å². The number of benzene rings is 2. The summed E-state index contributed by atoms with van der Waals surface area (Å²) >= 11 is 0. The minimum Gasteiger partial charge on any atom is -0.355 e. The molecule has 0 radical (unpaired) electrons. The van der Waals surface area contributed by atoms with Crippen molar-refractivity contribution in [2.45, 2.75) is 19.8 Å². The first-order valence-corrected chi connectivity index (χ1v) is 9.36. The van der Waals surface area contributed by atoms with Crippen LogP contribution in [0, 0.1) is 0 Å². The smallest absolute Gasteiger partial charge is 0.276 e. The summed E-state index contributed by atoms with van der Waals surface area (Å²) in [6, 6.07) is 18.9. The predicted octanol–water partition coefficient (Wildman–Crippen LogP) is 4.62. The van der Waals surface area contributed by atoms with Crippen LogP contribution in [0.5, 0.6) is 0 Å². The molecule has 2 heterocycles. The number of fused-ring (bicyclic) bond motifs is 1. The van der Waals surface area contributed by atoms with Crippen molar-refractivity contribution in [2.75, 3.05) is 16.8 Å². The highest BCUT2D eigenvalue weighted by Gasteiger charge is 2.24. The van der Waals surface area contributed by atoms with E-state index in [1.54, 1.807) is 31.3 Å². The molecule has 28 heavy (non-hydrogen) atoms. The Morgan fingerprint density at radius 1 is 1.00 bits per heavy atom. The normalized spacial score (nSPS) is 13.0. The third-order valence-electron chi connectivity index (χ3n) is 4.91. The number of amides is 1. The molecule has 0 unspecified atom stereocenters. The van der Waals surface area contributed by atoms with Gasteiger partial charge < -0.3 is 10.2 Å². The van der Waals surface area contributed by atoms with E-state index in [1.807, 2.05) is 41.3 Å². The molecular weight excluding hydrogens is 350 g/mol. The zero-order chi connectivity index (χ0) is 19.5. The highest BCUT2D eigenvalue weighted by Crippen LogP contribution is 2.28. The lowest BCUT2D eigenvalue weighted by Crippen LogP contribution is -2.35. The summed E-state index contributed by atoms with van der Waals surface area (Å²) in [6.07, 6.45) is 3.57. The fraction of sp³-hybridized carbons (Fsp3) is 0.174. The van der Waals surface area contributed by atoms with Crippen LogP contribution in [0.25, 0.3) is 0 Å². The molecule has 5 heteroatoms. The molecule has 1 aliphatic heterocycles. The van der Waals surface area contributed by atoms with Gasteiger partial charge in [-0.15, -0.1) is 0 Å². The van der Waals surface area contributed by atoms with Gasteiger partial charge in [0.15, 0.2) is 5.78 Å². The van der Waals surface area contributed by atoms with Crippen LogP contribution >= 0.6 is 0 Å². The molecule has 0 aliphatic carbocycles. The fourth-order valence-corrected chi connectivity index (χ4v) is 3.46. The number of pyridine rings is 1. The molecular formula is C23H21N3O2. The molecule has 0 atom stereocenters. The largest absolute Gasteiger partial charge is 0.355 e. The molecule has 5 nitrogen and oxygen atoms in total. The maximum absolute atomic E-state index is 13.1. The van der Waals surface area contributed by atoms with Crippen LogP contribution < -0.4 is 10.2 Å². The Morgan fingerprint density at radius 2 is 1.79 bits per heavy atom. The van der Waals surface area contributed by atoms with Gasteiger partial charge in [0.2, 0.25) is 0 Å². The van der Waals surface area contributed by atoms with Crippen molar-refractivity contribution >= 4 is 28.8 Å². The van der Waals surface area contributed by atoms with Gasteiger partial charge in [-0.3, -0.25) is 14.6 Å². The number of Topliss-reactive ketones (excluding diaryl/α,β-unsaturated/α-hetero) is 1. The van der Waals surface area contributed by atoms with E-state index in [1.165, 1.54) is 5.56 Å². The number of carbonyl (C=O) groups is 2. The molecule has 2 aromatic carbocycles. The summed E-state index contributed by atoms with van der Waals surface area (Å²) in [5, 5.41) is 3.27. The first-order valence-electron chi connectivity index (χ1n) is 9.36. The number of ketones is 1. The zero-order valence-corrected chi connectivity index (χ0v) is 15.7. The van der Waals surface area contributed by atoms with E-state index < -0.39 is 0 Å². The van der Waals surface area contributed by atoms with Gasteiger partial charge in [-0.1, -0.05) is 18.2 Å². The van der Waals surface area contributed by atoms with Crippen LogP contribution in [-0.2, 0) is 6.42 Å². The molecule has 1 aromatic heterocycles. The molecule has 0 saturated carbocycles. The average Bonchev–Trinajstić information content (AvgIpc) is 2.73. The fourth-order valence-electron chi connectivity index (χ4n) is 3.46. The van der Waals surface area contributed by atoms with Crippen LogP contribution in [0.1, 0.15) is 39.8 Å². The van der Waals surface area contributed by atoms with E-state index in [9.17, 15) is 9.59 Å². The Labute approximate surface area is 164 Å². The lowest BCUT2D eigenvalue weighted by atomic mass is 10.0. The van der Waals surface area contributed by atoms with Crippen LogP contribution in [0.2, 0.25) is 0 Å². The van der Waals surface area contributed by atoms with E-state index in [0.29, 0.717) is 17.8 Å². The van der Waals surface area contributed by atoms with Crippen molar-refractivity contribution in [1.82, 2.24) is 4.98 Å². The van der Waals surface area contributed by atoms with E-state index in [4.69, 9.17) is 0 Å². The van der Waals surface area contributed by atoms with E-state index in [-0.39, 0.29) is 11.7 Å². The molecule has 140 valence electrons. The lowest BCUT2D eigenvalue weighted by Gasteiger charge is -2.29.